The van der Waals surface area contributed by atoms with Gasteiger partial charge in [0.25, 0.3) is 0 Å². The Kier molecular flexibility index (Phi) is 3.81. The van der Waals surface area contributed by atoms with Gasteiger partial charge in [0.1, 0.15) is 23.5 Å². The molecule has 0 aliphatic heterocycles. The fourth-order valence-corrected chi connectivity index (χ4v) is 3.38. The average molecular weight is 275 g/mol. The largest absolute Gasteiger partial charge is 0.490 e. The summed E-state index contributed by atoms with van der Waals surface area (Å²) >= 11 is 6.27. The van der Waals surface area contributed by atoms with Gasteiger partial charge in [0, 0.05) is 35.4 Å². The van der Waals surface area contributed by atoms with Crippen LogP contribution in [0.25, 0.3) is 0 Å². The minimum atomic E-state index is -0.620. The minimum Gasteiger partial charge on any atom is -0.490 e. The predicted octanol–water partition coefficient (Wildman–Crippen LogP) is 4.53. The lowest BCUT2D eigenvalue weighted by Crippen LogP contribution is -2.56. The Morgan fingerprint density at radius 1 is 1.22 bits per heavy atom. The molecule has 0 amide bonds. The van der Waals surface area contributed by atoms with E-state index in [2.05, 4.69) is 13.8 Å². The number of hydrogen-bond acceptors (Lipinski definition) is 1. The van der Waals surface area contributed by atoms with Gasteiger partial charge in [0.15, 0.2) is 0 Å². The lowest BCUT2D eigenvalue weighted by atomic mass is 9.62. The van der Waals surface area contributed by atoms with Crippen molar-refractivity contribution in [3.63, 3.8) is 0 Å². The number of rotatable bonds is 4. The van der Waals surface area contributed by atoms with E-state index in [1.807, 2.05) is 0 Å². The van der Waals surface area contributed by atoms with Gasteiger partial charge >= 0.3 is 0 Å². The molecular formula is C14H17ClF2O. The maximum atomic E-state index is 13.1. The third-order valence-electron chi connectivity index (χ3n) is 4.12. The highest BCUT2D eigenvalue weighted by molar-refractivity contribution is 6.21. The first-order chi connectivity index (χ1) is 8.51. The predicted molar refractivity (Wildman–Crippen MR) is 68.0 cm³/mol. The van der Waals surface area contributed by atoms with Gasteiger partial charge in [-0.2, -0.15) is 0 Å². The number of hydrogen-bond donors (Lipinski definition) is 0. The third kappa shape index (κ3) is 2.20. The SMILES string of the molecule is CCC1(CC)C(Cl)CC1Oc1cc(F)cc(F)c1. The van der Waals surface area contributed by atoms with E-state index in [0.717, 1.165) is 25.3 Å². The normalized spacial score (nSPS) is 25.6. The van der Waals surface area contributed by atoms with Gasteiger partial charge in [-0.25, -0.2) is 8.78 Å². The number of alkyl halides is 1. The molecule has 2 rings (SSSR count). The van der Waals surface area contributed by atoms with Crippen molar-refractivity contribution < 1.29 is 13.5 Å². The lowest BCUT2D eigenvalue weighted by molar-refractivity contribution is -0.0464. The zero-order valence-corrected chi connectivity index (χ0v) is 11.3. The molecule has 0 heterocycles. The molecule has 1 saturated carbocycles. The van der Waals surface area contributed by atoms with Crippen LogP contribution in [-0.2, 0) is 0 Å². The second-order valence-corrected chi connectivity index (χ2v) is 5.38. The first-order valence-electron chi connectivity index (χ1n) is 6.28. The fraction of sp³-hybridized carbons (Fsp3) is 0.571. The van der Waals surface area contributed by atoms with Gasteiger partial charge in [0.2, 0.25) is 0 Å². The van der Waals surface area contributed by atoms with Gasteiger partial charge < -0.3 is 4.74 Å². The van der Waals surface area contributed by atoms with Crippen LogP contribution in [-0.4, -0.2) is 11.5 Å². The zero-order chi connectivity index (χ0) is 13.3. The van der Waals surface area contributed by atoms with E-state index in [-0.39, 0.29) is 22.6 Å². The maximum absolute atomic E-state index is 13.1. The van der Waals surface area contributed by atoms with Crippen molar-refractivity contribution >= 4 is 11.6 Å². The van der Waals surface area contributed by atoms with E-state index in [4.69, 9.17) is 16.3 Å². The average Bonchev–Trinajstić information content (AvgIpc) is 2.29. The Hall–Kier alpha value is -0.830. The monoisotopic (exact) mass is 274 g/mol. The molecular weight excluding hydrogens is 258 g/mol. The highest BCUT2D eigenvalue weighted by atomic mass is 35.5. The van der Waals surface area contributed by atoms with Gasteiger partial charge in [-0.1, -0.05) is 13.8 Å². The first kappa shape index (κ1) is 13.6. The number of ether oxygens (including phenoxy) is 1. The summed E-state index contributed by atoms with van der Waals surface area (Å²) in [5, 5.41) is 0.0795. The smallest absolute Gasteiger partial charge is 0.129 e. The molecule has 1 aromatic carbocycles. The summed E-state index contributed by atoms with van der Waals surface area (Å²) in [7, 11) is 0. The highest BCUT2D eigenvalue weighted by Gasteiger charge is 2.53. The summed E-state index contributed by atoms with van der Waals surface area (Å²) in [4.78, 5) is 0. The molecule has 1 nitrogen and oxygen atoms in total. The van der Waals surface area contributed by atoms with Crippen LogP contribution < -0.4 is 4.74 Å². The Morgan fingerprint density at radius 2 is 1.78 bits per heavy atom. The second kappa shape index (κ2) is 5.04. The molecule has 0 N–H and O–H groups in total. The van der Waals surface area contributed by atoms with Gasteiger partial charge in [-0.3, -0.25) is 0 Å². The molecule has 18 heavy (non-hydrogen) atoms. The molecule has 1 aromatic rings. The van der Waals surface area contributed by atoms with Crippen molar-refractivity contribution in [1.82, 2.24) is 0 Å². The summed E-state index contributed by atoms with van der Waals surface area (Å²) in [5.74, 6) is -0.997. The van der Waals surface area contributed by atoms with Crippen molar-refractivity contribution in [3.8, 4) is 5.75 Å². The quantitative estimate of drug-likeness (QED) is 0.733. The van der Waals surface area contributed by atoms with E-state index < -0.39 is 11.6 Å². The Balaban J connectivity index is 2.15. The summed E-state index contributed by atoms with van der Waals surface area (Å²) in [6.07, 6.45) is 2.47. The molecule has 0 spiro atoms. The van der Waals surface area contributed by atoms with Crippen LogP contribution in [0.4, 0.5) is 8.78 Å². The maximum Gasteiger partial charge on any atom is 0.129 e. The first-order valence-corrected chi connectivity index (χ1v) is 6.72. The van der Waals surface area contributed by atoms with Crippen LogP contribution >= 0.6 is 11.6 Å². The number of halogens is 3. The van der Waals surface area contributed by atoms with E-state index in [0.29, 0.717) is 0 Å². The molecule has 100 valence electrons. The highest BCUT2D eigenvalue weighted by Crippen LogP contribution is 2.51. The third-order valence-corrected chi connectivity index (χ3v) is 4.73. The zero-order valence-electron chi connectivity index (χ0n) is 10.6. The van der Waals surface area contributed by atoms with Crippen LogP contribution in [0.3, 0.4) is 0 Å². The molecule has 0 aromatic heterocycles. The van der Waals surface area contributed by atoms with Crippen LogP contribution in [0, 0.1) is 17.0 Å². The van der Waals surface area contributed by atoms with Crippen LogP contribution in [0.2, 0.25) is 0 Å². The summed E-state index contributed by atoms with van der Waals surface area (Å²) < 4.78 is 31.9. The van der Waals surface area contributed by atoms with E-state index in [1.165, 1.54) is 12.1 Å². The molecule has 4 heteroatoms. The molecule has 2 unspecified atom stereocenters. The van der Waals surface area contributed by atoms with Gasteiger partial charge in [0.05, 0.1) is 0 Å². The van der Waals surface area contributed by atoms with Crippen molar-refractivity contribution in [2.75, 3.05) is 0 Å². The van der Waals surface area contributed by atoms with E-state index >= 15 is 0 Å². The molecule has 1 aliphatic carbocycles. The molecule has 1 fully saturated rings. The van der Waals surface area contributed by atoms with Crippen LogP contribution in [0.15, 0.2) is 18.2 Å². The Morgan fingerprint density at radius 3 is 2.22 bits per heavy atom. The number of benzene rings is 1. The van der Waals surface area contributed by atoms with E-state index in [9.17, 15) is 8.78 Å². The van der Waals surface area contributed by atoms with Crippen LogP contribution in [0.5, 0.6) is 5.75 Å². The standard InChI is InChI=1S/C14H17ClF2O/c1-3-14(4-2)12(15)8-13(14)18-11-6-9(16)5-10(17)7-11/h5-7,12-13H,3-4,8H2,1-2H3. The lowest BCUT2D eigenvalue weighted by Gasteiger charge is -2.52. The Bertz CT molecular complexity index is 412. The van der Waals surface area contributed by atoms with Crippen LogP contribution in [0.1, 0.15) is 33.1 Å². The molecule has 0 radical (unpaired) electrons. The molecule has 1 aliphatic rings. The summed E-state index contributed by atoms with van der Waals surface area (Å²) in [5.41, 5.74) is -0.0790. The second-order valence-electron chi connectivity index (χ2n) is 4.86. The molecule has 2 atom stereocenters. The van der Waals surface area contributed by atoms with Gasteiger partial charge in [-0.15, -0.1) is 11.6 Å². The van der Waals surface area contributed by atoms with Crippen molar-refractivity contribution in [3.05, 3.63) is 29.8 Å². The van der Waals surface area contributed by atoms with Crippen molar-refractivity contribution in [1.29, 1.82) is 0 Å². The van der Waals surface area contributed by atoms with Gasteiger partial charge in [-0.05, 0) is 12.8 Å². The molecule has 0 bridgehead atoms. The van der Waals surface area contributed by atoms with Crippen molar-refractivity contribution in [2.24, 2.45) is 5.41 Å². The minimum absolute atomic E-state index is 0.0591. The summed E-state index contributed by atoms with van der Waals surface area (Å²) in [6.45, 7) is 4.14. The molecule has 0 saturated heterocycles. The topological polar surface area (TPSA) is 9.23 Å². The van der Waals surface area contributed by atoms with E-state index in [1.54, 1.807) is 0 Å². The Labute approximate surface area is 111 Å². The fourth-order valence-electron chi connectivity index (χ4n) is 2.77. The van der Waals surface area contributed by atoms with Crippen molar-refractivity contribution in [2.45, 2.75) is 44.6 Å². The summed E-state index contributed by atoms with van der Waals surface area (Å²) in [6, 6.07) is 3.26.